The Morgan fingerprint density at radius 3 is 2.48 bits per heavy atom. The molecule has 3 rings (SSSR count). The van der Waals surface area contributed by atoms with Gasteiger partial charge >= 0.3 is 0 Å². The summed E-state index contributed by atoms with van der Waals surface area (Å²) in [4.78, 5) is 0. The first-order valence-electron chi connectivity index (χ1n) is 6.86. The van der Waals surface area contributed by atoms with Crippen LogP contribution in [0.3, 0.4) is 0 Å². The number of rotatable bonds is 4. The van der Waals surface area contributed by atoms with Gasteiger partial charge in [-0.3, -0.25) is 11.3 Å². The van der Waals surface area contributed by atoms with Gasteiger partial charge in [0, 0.05) is 3.57 Å². The van der Waals surface area contributed by atoms with E-state index in [1.54, 1.807) is 0 Å². The first-order chi connectivity index (χ1) is 10.3. The zero-order valence-corrected chi connectivity index (χ0v) is 13.7. The van der Waals surface area contributed by atoms with Crippen molar-refractivity contribution in [2.24, 2.45) is 5.84 Å². The molecule has 0 amide bonds. The van der Waals surface area contributed by atoms with Crippen LogP contribution in [0.1, 0.15) is 17.2 Å². The van der Waals surface area contributed by atoms with E-state index in [0.29, 0.717) is 13.2 Å². The molecule has 1 aliphatic heterocycles. The van der Waals surface area contributed by atoms with Gasteiger partial charge in [0.1, 0.15) is 13.2 Å². The number of nitrogens with two attached hydrogens (primary N) is 1. The molecule has 0 saturated heterocycles. The summed E-state index contributed by atoms with van der Waals surface area (Å²) in [7, 11) is 0. The highest BCUT2D eigenvalue weighted by Gasteiger charge is 2.16. The number of halogens is 1. The number of hydrogen-bond donors (Lipinski definition) is 2. The molecule has 110 valence electrons. The minimum Gasteiger partial charge on any atom is -0.486 e. The topological polar surface area (TPSA) is 56.5 Å². The Balaban J connectivity index is 1.81. The molecule has 3 N–H and O–H groups in total. The zero-order chi connectivity index (χ0) is 14.7. The van der Waals surface area contributed by atoms with Gasteiger partial charge in [-0.15, -0.1) is 0 Å². The van der Waals surface area contributed by atoms with Crippen molar-refractivity contribution >= 4 is 22.6 Å². The Kier molecular flexibility index (Phi) is 4.62. The summed E-state index contributed by atoms with van der Waals surface area (Å²) in [6, 6.07) is 14.5. The van der Waals surface area contributed by atoms with Crippen molar-refractivity contribution in [3.05, 3.63) is 57.2 Å². The van der Waals surface area contributed by atoms with E-state index in [2.05, 4.69) is 52.3 Å². The average molecular weight is 396 g/mol. The lowest BCUT2D eigenvalue weighted by molar-refractivity contribution is 0.171. The predicted octanol–water partition coefficient (Wildman–Crippen LogP) is 2.81. The van der Waals surface area contributed by atoms with Gasteiger partial charge in [-0.2, -0.15) is 0 Å². The third kappa shape index (κ3) is 3.48. The van der Waals surface area contributed by atoms with Crippen LogP contribution in [0.15, 0.2) is 42.5 Å². The Bertz CT molecular complexity index is 616. The zero-order valence-electron chi connectivity index (χ0n) is 11.5. The molecule has 5 heteroatoms. The molecule has 21 heavy (non-hydrogen) atoms. The molecule has 0 spiro atoms. The van der Waals surface area contributed by atoms with Crippen LogP contribution in [-0.4, -0.2) is 13.2 Å². The second-order valence-electron chi connectivity index (χ2n) is 4.95. The minimum absolute atomic E-state index is 0.0425. The summed E-state index contributed by atoms with van der Waals surface area (Å²) in [6.07, 6.45) is 0.826. The molecule has 0 bridgehead atoms. The van der Waals surface area contributed by atoms with Crippen molar-refractivity contribution in [1.29, 1.82) is 0 Å². The van der Waals surface area contributed by atoms with E-state index in [1.807, 2.05) is 18.2 Å². The summed E-state index contributed by atoms with van der Waals surface area (Å²) in [5, 5.41) is 0. The molecule has 1 atom stereocenters. The quantitative estimate of drug-likeness (QED) is 0.474. The maximum Gasteiger partial charge on any atom is 0.161 e. The SMILES string of the molecule is NNC(Cc1ccc(I)cc1)c1ccc2c(c1)OCCO2. The summed E-state index contributed by atoms with van der Waals surface area (Å²) in [6.45, 7) is 1.20. The molecule has 1 heterocycles. The lowest BCUT2D eigenvalue weighted by Crippen LogP contribution is -2.29. The predicted molar refractivity (Wildman–Crippen MR) is 90.4 cm³/mol. The van der Waals surface area contributed by atoms with Crippen molar-refractivity contribution in [3.63, 3.8) is 0 Å². The Labute approximate surface area is 137 Å². The van der Waals surface area contributed by atoms with E-state index in [1.165, 1.54) is 9.13 Å². The average Bonchev–Trinajstić information content (AvgIpc) is 2.54. The summed E-state index contributed by atoms with van der Waals surface area (Å²) < 4.78 is 12.4. The summed E-state index contributed by atoms with van der Waals surface area (Å²) >= 11 is 2.30. The third-order valence-electron chi connectivity index (χ3n) is 3.52. The third-order valence-corrected chi connectivity index (χ3v) is 4.24. The molecular weight excluding hydrogens is 379 g/mol. The smallest absolute Gasteiger partial charge is 0.161 e. The molecule has 1 aliphatic rings. The van der Waals surface area contributed by atoms with Crippen LogP contribution in [0.2, 0.25) is 0 Å². The Morgan fingerprint density at radius 2 is 1.76 bits per heavy atom. The molecule has 0 aromatic heterocycles. The van der Waals surface area contributed by atoms with Gasteiger partial charge in [-0.05, 0) is 64.4 Å². The molecule has 4 nitrogen and oxygen atoms in total. The molecule has 1 unspecified atom stereocenters. The Hall–Kier alpha value is -1.31. The first-order valence-corrected chi connectivity index (χ1v) is 7.94. The second-order valence-corrected chi connectivity index (χ2v) is 6.20. The van der Waals surface area contributed by atoms with Crippen molar-refractivity contribution in [2.75, 3.05) is 13.2 Å². The van der Waals surface area contributed by atoms with Crippen molar-refractivity contribution < 1.29 is 9.47 Å². The van der Waals surface area contributed by atoms with Crippen LogP contribution >= 0.6 is 22.6 Å². The van der Waals surface area contributed by atoms with Gasteiger partial charge in [0.2, 0.25) is 0 Å². The van der Waals surface area contributed by atoms with Gasteiger partial charge in [0.15, 0.2) is 11.5 Å². The van der Waals surface area contributed by atoms with Crippen LogP contribution in [0.5, 0.6) is 11.5 Å². The maximum absolute atomic E-state index is 5.74. The molecule has 2 aromatic carbocycles. The fourth-order valence-corrected chi connectivity index (χ4v) is 2.77. The molecule has 0 fully saturated rings. The van der Waals surface area contributed by atoms with Crippen LogP contribution in [0.25, 0.3) is 0 Å². The fraction of sp³-hybridized carbons (Fsp3) is 0.250. The molecule has 0 aliphatic carbocycles. The van der Waals surface area contributed by atoms with E-state index in [9.17, 15) is 0 Å². The highest BCUT2D eigenvalue weighted by Crippen LogP contribution is 2.33. The van der Waals surface area contributed by atoms with E-state index < -0.39 is 0 Å². The van der Waals surface area contributed by atoms with Gasteiger partial charge in [-0.1, -0.05) is 18.2 Å². The molecule has 0 radical (unpaired) electrons. The van der Waals surface area contributed by atoms with E-state index in [-0.39, 0.29) is 6.04 Å². The molecular formula is C16H17IN2O2. The number of hydrogen-bond acceptors (Lipinski definition) is 4. The van der Waals surface area contributed by atoms with Gasteiger partial charge < -0.3 is 9.47 Å². The fourth-order valence-electron chi connectivity index (χ4n) is 2.41. The van der Waals surface area contributed by atoms with Crippen molar-refractivity contribution in [2.45, 2.75) is 12.5 Å². The maximum atomic E-state index is 5.74. The largest absolute Gasteiger partial charge is 0.486 e. The number of hydrazine groups is 1. The molecule has 2 aromatic rings. The highest BCUT2D eigenvalue weighted by molar-refractivity contribution is 14.1. The number of ether oxygens (including phenoxy) is 2. The standard InChI is InChI=1S/C16H17IN2O2/c17-13-4-1-11(2-5-13)9-14(19-18)12-3-6-15-16(10-12)21-8-7-20-15/h1-6,10,14,19H,7-9,18H2. The minimum atomic E-state index is 0.0425. The highest BCUT2D eigenvalue weighted by atomic mass is 127. The van der Waals surface area contributed by atoms with Gasteiger partial charge in [0.05, 0.1) is 6.04 Å². The van der Waals surface area contributed by atoms with Crippen LogP contribution in [-0.2, 0) is 6.42 Å². The lowest BCUT2D eigenvalue weighted by Gasteiger charge is -2.22. The summed E-state index contributed by atoms with van der Waals surface area (Å²) in [5.41, 5.74) is 5.23. The monoisotopic (exact) mass is 396 g/mol. The first kappa shape index (κ1) is 14.6. The number of nitrogens with one attached hydrogen (secondary N) is 1. The van der Waals surface area contributed by atoms with E-state index in [4.69, 9.17) is 15.3 Å². The van der Waals surface area contributed by atoms with E-state index >= 15 is 0 Å². The number of benzene rings is 2. The lowest BCUT2D eigenvalue weighted by atomic mass is 9.99. The summed E-state index contributed by atoms with van der Waals surface area (Å²) in [5.74, 6) is 7.33. The second kappa shape index (κ2) is 6.64. The van der Waals surface area contributed by atoms with Crippen molar-refractivity contribution in [1.82, 2.24) is 5.43 Å². The van der Waals surface area contributed by atoms with Crippen LogP contribution in [0.4, 0.5) is 0 Å². The van der Waals surface area contributed by atoms with Gasteiger partial charge in [0.25, 0.3) is 0 Å². The van der Waals surface area contributed by atoms with Crippen LogP contribution < -0.4 is 20.7 Å². The van der Waals surface area contributed by atoms with Crippen molar-refractivity contribution in [3.8, 4) is 11.5 Å². The van der Waals surface area contributed by atoms with E-state index in [0.717, 1.165) is 23.5 Å². The Morgan fingerprint density at radius 1 is 1.05 bits per heavy atom. The molecule has 0 saturated carbocycles. The normalized spacial score (nSPS) is 14.8. The van der Waals surface area contributed by atoms with Gasteiger partial charge in [-0.25, -0.2) is 0 Å². The van der Waals surface area contributed by atoms with Crippen LogP contribution in [0, 0.1) is 3.57 Å². The number of fused-ring (bicyclic) bond motifs is 1.